The first-order valence-corrected chi connectivity index (χ1v) is 8.29. The van der Waals surface area contributed by atoms with Crippen LogP contribution in [0.4, 0.5) is 11.6 Å². The van der Waals surface area contributed by atoms with Crippen molar-refractivity contribution in [3.8, 4) is 0 Å². The second-order valence-electron chi connectivity index (χ2n) is 5.16. The molecule has 6 heteroatoms. The number of carbonyl (C=O) groups excluding carboxylic acids is 1. The van der Waals surface area contributed by atoms with Crippen LogP contribution in [0.15, 0.2) is 36.0 Å². The summed E-state index contributed by atoms with van der Waals surface area (Å²) in [6.07, 6.45) is 10.3. The van der Waals surface area contributed by atoms with Gasteiger partial charge in [-0.1, -0.05) is 6.07 Å². The number of hydrogen-bond acceptors (Lipinski definition) is 5. The third-order valence-electron chi connectivity index (χ3n) is 3.49. The molecule has 0 saturated carbocycles. The van der Waals surface area contributed by atoms with Crippen molar-refractivity contribution < 1.29 is 4.79 Å². The molecule has 114 valence electrons. The van der Waals surface area contributed by atoms with E-state index in [2.05, 4.69) is 20.2 Å². The van der Waals surface area contributed by atoms with Crippen LogP contribution in [0, 0.1) is 0 Å². The Labute approximate surface area is 133 Å². The monoisotopic (exact) mass is 314 g/mol. The normalized spacial score (nSPS) is 15.2. The van der Waals surface area contributed by atoms with Crippen LogP contribution in [0.5, 0.6) is 0 Å². The number of rotatable bonds is 4. The molecule has 2 aromatic heterocycles. The zero-order chi connectivity index (χ0) is 15.2. The maximum Gasteiger partial charge on any atom is 0.248 e. The Balaban J connectivity index is 1.57. The van der Waals surface area contributed by atoms with Gasteiger partial charge in [0.05, 0.1) is 18.1 Å². The maximum absolute atomic E-state index is 11.8. The van der Waals surface area contributed by atoms with E-state index >= 15 is 0 Å². The lowest BCUT2D eigenvalue weighted by Crippen LogP contribution is -2.30. The van der Waals surface area contributed by atoms with E-state index in [1.807, 2.05) is 17.5 Å². The summed E-state index contributed by atoms with van der Waals surface area (Å²) in [5, 5.41) is 4.75. The number of anilines is 2. The van der Waals surface area contributed by atoms with Crippen molar-refractivity contribution in [2.45, 2.75) is 19.3 Å². The average Bonchev–Trinajstić information content (AvgIpc) is 3.08. The summed E-state index contributed by atoms with van der Waals surface area (Å²) >= 11 is 1.59. The molecule has 22 heavy (non-hydrogen) atoms. The molecular weight excluding hydrogens is 296 g/mol. The first kappa shape index (κ1) is 14.7. The Morgan fingerprint density at radius 3 is 2.68 bits per heavy atom. The smallest absolute Gasteiger partial charge is 0.248 e. The number of aromatic nitrogens is 2. The highest BCUT2D eigenvalue weighted by molar-refractivity contribution is 7.10. The second-order valence-corrected chi connectivity index (χ2v) is 6.14. The van der Waals surface area contributed by atoms with Gasteiger partial charge < -0.3 is 10.2 Å². The van der Waals surface area contributed by atoms with Gasteiger partial charge in [-0.25, -0.2) is 9.97 Å². The first-order valence-electron chi connectivity index (χ1n) is 7.41. The summed E-state index contributed by atoms with van der Waals surface area (Å²) in [4.78, 5) is 23.8. The Hall–Kier alpha value is -2.21. The molecular formula is C16H18N4OS. The highest BCUT2D eigenvalue weighted by Gasteiger charge is 2.13. The van der Waals surface area contributed by atoms with E-state index in [4.69, 9.17) is 0 Å². The standard InChI is InChI=1S/C16H18N4OS/c21-15(7-6-14-5-4-10-22-14)19-13-11-17-16(18-12-13)20-8-2-1-3-9-20/h4-7,10-12H,1-3,8-9H2,(H,19,21)/b7-6+. The number of hydrogen-bond donors (Lipinski definition) is 1. The van der Waals surface area contributed by atoms with Crippen molar-refractivity contribution in [1.29, 1.82) is 0 Å². The van der Waals surface area contributed by atoms with Gasteiger partial charge in [-0.2, -0.15) is 0 Å². The Morgan fingerprint density at radius 2 is 2.00 bits per heavy atom. The van der Waals surface area contributed by atoms with E-state index in [9.17, 15) is 4.79 Å². The number of thiophene rings is 1. The van der Waals surface area contributed by atoms with Gasteiger partial charge in [0.2, 0.25) is 11.9 Å². The van der Waals surface area contributed by atoms with Crippen LogP contribution in [0.2, 0.25) is 0 Å². The van der Waals surface area contributed by atoms with Gasteiger partial charge >= 0.3 is 0 Å². The van der Waals surface area contributed by atoms with E-state index in [-0.39, 0.29) is 5.91 Å². The Morgan fingerprint density at radius 1 is 1.23 bits per heavy atom. The molecule has 1 saturated heterocycles. The zero-order valence-corrected chi connectivity index (χ0v) is 13.1. The van der Waals surface area contributed by atoms with Gasteiger partial charge in [-0.3, -0.25) is 4.79 Å². The number of amides is 1. The third kappa shape index (κ3) is 3.92. The molecule has 1 amide bonds. The van der Waals surface area contributed by atoms with Gasteiger partial charge in [0.1, 0.15) is 0 Å². The van der Waals surface area contributed by atoms with Gasteiger partial charge in [-0.05, 0) is 36.8 Å². The van der Waals surface area contributed by atoms with E-state index < -0.39 is 0 Å². The number of carbonyl (C=O) groups is 1. The van der Waals surface area contributed by atoms with Crippen LogP contribution in [0.3, 0.4) is 0 Å². The predicted molar refractivity (Wildman–Crippen MR) is 90.1 cm³/mol. The van der Waals surface area contributed by atoms with Crippen molar-refractivity contribution in [3.05, 3.63) is 40.9 Å². The number of nitrogens with one attached hydrogen (secondary N) is 1. The van der Waals surface area contributed by atoms with Gasteiger partial charge in [0.15, 0.2) is 0 Å². The van der Waals surface area contributed by atoms with E-state index in [0.29, 0.717) is 5.69 Å². The van der Waals surface area contributed by atoms with Crippen molar-refractivity contribution in [2.75, 3.05) is 23.3 Å². The first-order chi connectivity index (χ1) is 10.8. The molecule has 2 aromatic rings. The minimum Gasteiger partial charge on any atom is -0.341 e. The Bertz CT molecular complexity index is 631. The van der Waals surface area contributed by atoms with Gasteiger partial charge in [0, 0.05) is 24.0 Å². The van der Waals surface area contributed by atoms with Gasteiger partial charge in [-0.15, -0.1) is 11.3 Å². The van der Waals surface area contributed by atoms with Crippen LogP contribution in [0.25, 0.3) is 6.08 Å². The largest absolute Gasteiger partial charge is 0.341 e. The number of piperidine rings is 1. The molecule has 0 radical (unpaired) electrons. The molecule has 1 aliphatic heterocycles. The fraction of sp³-hybridized carbons (Fsp3) is 0.312. The summed E-state index contributed by atoms with van der Waals surface area (Å²) in [5.41, 5.74) is 0.613. The summed E-state index contributed by atoms with van der Waals surface area (Å²) in [6.45, 7) is 2.02. The molecule has 0 bridgehead atoms. The quantitative estimate of drug-likeness (QED) is 0.881. The minimum atomic E-state index is -0.178. The lowest BCUT2D eigenvalue weighted by molar-refractivity contribution is -0.111. The van der Waals surface area contributed by atoms with Crippen LogP contribution in [-0.4, -0.2) is 29.0 Å². The van der Waals surface area contributed by atoms with Gasteiger partial charge in [0.25, 0.3) is 0 Å². The minimum absolute atomic E-state index is 0.178. The van der Waals surface area contributed by atoms with Crippen LogP contribution in [0.1, 0.15) is 24.1 Å². The molecule has 0 aliphatic carbocycles. The molecule has 0 unspecified atom stereocenters. The SMILES string of the molecule is O=C(/C=C/c1cccs1)Nc1cnc(N2CCCCC2)nc1. The van der Waals surface area contributed by atoms with Crippen molar-refractivity contribution >= 4 is 35.0 Å². The Kier molecular flexibility index (Phi) is 4.80. The molecule has 3 rings (SSSR count). The van der Waals surface area contributed by atoms with E-state index in [1.54, 1.807) is 29.8 Å². The van der Waals surface area contributed by atoms with Crippen LogP contribution in [-0.2, 0) is 4.79 Å². The molecule has 1 fully saturated rings. The molecule has 1 aliphatic rings. The fourth-order valence-corrected chi connectivity index (χ4v) is 2.99. The molecule has 3 heterocycles. The lowest BCUT2D eigenvalue weighted by Gasteiger charge is -2.26. The summed E-state index contributed by atoms with van der Waals surface area (Å²) in [6, 6.07) is 3.92. The summed E-state index contributed by atoms with van der Waals surface area (Å²) < 4.78 is 0. The van der Waals surface area contributed by atoms with Crippen molar-refractivity contribution in [3.63, 3.8) is 0 Å². The van der Waals surface area contributed by atoms with Crippen molar-refractivity contribution in [1.82, 2.24) is 9.97 Å². The highest BCUT2D eigenvalue weighted by atomic mass is 32.1. The zero-order valence-electron chi connectivity index (χ0n) is 12.2. The number of nitrogens with zero attached hydrogens (tertiary/aromatic N) is 3. The molecule has 0 aromatic carbocycles. The average molecular weight is 314 g/mol. The molecule has 0 atom stereocenters. The second kappa shape index (κ2) is 7.17. The van der Waals surface area contributed by atoms with Crippen LogP contribution >= 0.6 is 11.3 Å². The van der Waals surface area contributed by atoms with E-state index in [1.165, 1.54) is 25.3 Å². The van der Waals surface area contributed by atoms with Crippen LogP contribution < -0.4 is 10.2 Å². The summed E-state index contributed by atoms with van der Waals surface area (Å²) in [7, 11) is 0. The third-order valence-corrected chi connectivity index (χ3v) is 4.32. The molecule has 1 N–H and O–H groups in total. The lowest BCUT2D eigenvalue weighted by atomic mass is 10.1. The summed E-state index contributed by atoms with van der Waals surface area (Å²) in [5.74, 6) is 0.564. The predicted octanol–water partition coefficient (Wildman–Crippen LogP) is 3.18. The van der Waals surface area contributed by atoms with Crippen molar-refractivity contribution in [2.24, 2.45) is 0 Å². The maximum atomic E-state index is 11.8. The molecule has 5 nitrogen and oxygen atoms in total. The highest BCUT2D eigenvalue weighted by Crippen LogP contribution is 2.16. The topological polar surface area (TPSA) is 58.1 Å². The molecule has 0 spiro atoms. The fourth-order valence-electron chi connectivity index (χ4n) is 2.37. The van der Waals surface area contributed by atoms with E-state index in [0.717, 1.165) is 23.9 Å².